The van der Waals surface area contributed by atoms with Gasteiger partial charge in [0.05, 0.1) is 66.1 Å². The molecule has 8 aromatic rings. The Morgan fingerprint density at radius 3 is 1.02 bits per heavy atom. The van der Waals surface area contributed by atoms with Gasteiger partial charge in [0.25, 0.3) is 0 Å². The van der Waals surface area contributed by atoms with Crippen LogP contribution in [0, 0.1) is 0 Å². The van der Waals surface area contributed by atoms with Crippen molar-refractivity contribution in [1.29, 1.82) is 0 Å². The van der Waals surface area contributed by atoms with E-state index in [1.165, 1.54) is 0 Å². The Hall–Kier alpha value is -6.72. The summed E-state index contributed by atoms with van der Waals surface area (Å²) in [6.45, 7) is 1.85. The lowest BCUT2D eigenvalue weighted by Gasteiger charge is -2.53. The van der Waals surface area contributed by atoms with Gasteiger partial charge in [-0.2, -0.15) is 0 Å². The van der Waals surface area contributed by atoms with Crippen molar-refractivity contribution in [2.75, 3.05) is 26.9 Å². The van der Waals surface area contributed by atoms with E-state index >= 15 is 0 Å². The molecule has 0 spiro atoms. The lowest BCUT2D eigenvalue weighted by Crippen LogP contribution is -2.70. The van der Waals surface area contributed by atoms with Crippen molar-refractivity contribution >= 4 is 0 Å². The number of rotatable bonds is 30. The van der Waals surface area contributed by atoms with E-state index < -0.39 is 60.9 Å². The van der Waals surface area contributed by atoms with Gasteiger partial charge in [-0.15, -0.1) is 0 Å². The first-order chi connectivity index (χ1) is 40.6. The molecule has 0 aliphatic carbocycles. The third kappa shape index (κ3) is 16.7. The second-order valence-electron chi connectivity index (χ2n) is 20.6. The minimum Gasteiger partial charge on any atom is -0.374 e. The van der Waals surface area contributed by atoms with E-state index in [4.69, 9.17) is 56.8 Å². The maximum Gasteiger partial charge on any atom is 0.222 e. The summed E-state index contributed by atoms with van der Waals surface area (Å²) < 4.78 is 84.6. The molecule has 10 atom stereocenters. The van der Waals surface area contributed by atoms with Crippen LogP contribution in [0.5, 0.6) is 0 Å². The molecule has 0 saturated carbocycles. The monoisotopic (exact) mass is 1110 g/mol. The van der Waals surface area contributed by atoms with E-state index in [0.717, 1.165) is 44.5 Å². The van der Waals surface area contributed by atoms with Crippen LogP contribution in [0.25, 0.3) is 0 Å². The van der Waals surface area contributed by atoms with Crippen molar-refractivity contribution in [2.45, 2.75) is 114 Å². The minimum atomic E-state index is -1.73. The first kappa shape index (κ1) is 58.5. The Labute approximate surface area is 482 Å². The first-order valence-corrected chi connectivity index (χ1v) is 28.3. The van der Waals surface area contributed by atoms with Crippen molar-refractivity contribution in [1.82, 2.24) is 0 Å². The van der Waals surface area contributed by atoms with Crippen molar-refractivity contribution in [3.8, 4) is 0 Å². The summed E-state index contributed by atoms with van der Waals surface area (Å²) in [6, 6.07) is 80.4. The predicted molar refractivity (Wildman–Crippen MR) is 312 cm³/mol. The molecule has 426 valence electrons. The lowest BCUT2D eigenvalue weighted by atomic mass is 9.91. The molecule has 2 aliphatic heterocycles. The molecule has 8 aromatic carbocycles. The third-order valence-electron chi connectivity index (χ3n) is 14.6. The van der Waals surface area contributed by atoms with E-state index in [-0.39, 0.29) is 66.1 Å². The molecule has 82 heavy (non-hydrogen) atoms. The maximum atomic E-state index is 7.60. The highest BCUT2D eigenvalue weighted by Crippen LogP contribution is 2.40. The zero-order valence-electron chi connectivity index (χ0n) is 46.5. The van der Waals surface area contributed by atoms with E-state index in [1.807, 2.05) is 243 Å². The van der Waals surface area contributed by atoms with Gasteiger partial charge in [-0.25, -0.2) is 0 Å². The summed E-state index contributed by atoms with van der Waals surface area (Å²) in [4.78, 5) is 0. The molecule has 0 amide bonds. The smallest absolute Gasteiger partial charge is 0.222 e. The van der Waals surface area contributed by atoms with Gasteiger partial charge in [-0.1, -0.05) is 243 Å². The fourth-order valence-corrected chi connectivity index (χ4v) is 10.4. The van der Waals surface area contributed by atoms with Gasteiger partial charge in [0, 0.05) is 7.11 Å². The van der Waals surface area contributed by atoms with Crippen LogP contribution in [-0.4, -0.2) is 87.8 Å². The number of benzene rings is 8. The van der Waals surface area contributed by atoms with Gasteiger partial charge in [-0.05, 0) is 44.5 Å². The predicted octanol–water partition coefficient (Wildman–Crippen LogP) is 12.4. The molecule has 12 heteroatoms. The van der Waals surface area contributed by atoms with Crippen LogP contribution in [0.15, 0.2) is 243 Å². The topological polar surface area (TPSA) is 111 Å². The zero-order chi connectivity index (χ0) is 55.9. The van der Waals surface area contributed by atoms with Crippen molar-refractivity contribution in [3.05, 3.63) is 287 Å². The summed E-state index contributed by atoms with van der Waals surface area (Å²) in [6.07, 6.45) is -7.44. The van der Waals surface area contributed by atoms with E-state index in [9.17, 15) is 0 Å². The third-order valence-corrected chi connectivity index (χ3v) is 14.6. The van der Waals surface area contributed by atoms with Gasteiger partial charge in [0.1, 0.15) is 55.4 Å². The highest BCUT2D eigenvalue weighted by atomic mass is 16.8. The fraction of sp³-hybridized carbons (Fsp3) is 0.314. The van der Waals surface area contributed by atoms with Gasteiger partial charge in [-0.3, -0.25) is 0 Å². The summed E-state index contributed by atoms with van der Waals surface area (Å²) in [5, 5.41) is 0. The van der Waals surface area contributed by atoms with Crippen LogP contribution in [0.4, 0.5) is 0 Å². The molecular formula is C70H74O12. The van der Waals surface area contributed by atoms with E-state index in [2.05, 4.69) is 0 Å². The SMILES string of the molecule is CO[C@H]1OC(CO[C@@]2(COCc3ccccc3)OC(COCc3ccccc3)[C@H](OCc3ccccc3)C(OCc3ccccc3)C2OCc2ccccc2)[C@@H](OCc2ccccc2)C(OCc2ccccc2)C1OCc1ccccc1. The number of hydrogen-bond acceptors (Lipinski definition) is 12. The van der Waals surface area contributed by atoms with Crippen molar-refractivity contribution < 1.29 is 56.8 Å². The van der Waals surface area contributed by atoms with Gasteiger partial charge < -0.3 is 56.8 Å². The van der Waals surface area contributed by atoms with Gasteiger partial charge in [0.2, 0.25) is 5.79 Å². The Morgan fingerprint density at radius 1 is 0.317 bits per heavy atom. The largest absolute Gasteiger partial charge is 0.374 e. The normalized spacial score (nSPS) is 23.5. The molecule has 0 N–H and O–H groups in total. The van der Waals surface area contributed by atoms with Gasteiger partial charge >= 0.3 is 0 Å². The lowest BCUT2D eigenvalue weighted by molar-refractivity contribution is -0.403. The summed E-state index contributed by atoms with van der Waals surface area (Å²) in [5.41, 5.74) is 7.78. The molecule has 0 radical (unpaired) electrons. The van der Waals surface area contributed by atoms with E-state index in [1.54, 1.807) is 7.11 Å². The molecule has 10 rings (SSSR count). The van der Waals surface area contributed by atoms with Crippen LogP contribution in [-0.2, 0) is 110 Å². The number of hydrogen-bond donors (Lipinski definition) is 0. The molecule has 2 saturated heterocycles. The van der Waals surface area contributed by atoms with Crippen LogP contribution < -0.4 is 0 Å². The fourth-order valence-electron chi connectivity index (χ4n) is 10.4. The molecule has 2 aliphatic rings. The average Bonchev–Trinajstić information content (AvgIpc) is 3.72. The summed E-state index contributed by atoms with van der Waals surface area (Å²) in [5.74, 6) is -1.73. The van der Waals surface area contributed by atoms with Crippen LogP contribution in [0.3, 0.4) is 0 Å². The Kier molecular flexibility index (Phi) is 22.2. The summed E-state index contributed by atoms with van der Waals surface area (Å²) in [7, 11) is 1.61. The molecule has 2 heterocycles. The van der Waals surface area contributed by atoms with Crippen LogP contribution >= 0.6 is 0 Å². The standard InChI is InChI=1S/C70H74O12/c1-71-69-67(78-48-59-38-22-8-23-39-59)65(76-46-57-34-18-6-19-35-57)63(74-44-55-30-14-4-15-31-55)61(81-69)51-80-70(52-73-43-54-28-12-3-13-29-54)68(79-49-60-40-24-9-25-41-60)66(77-47-58-36-20-7-21-37-58)64(75-45-56-32-16-5-17-33-56)62(82-70)50-72-42-53-26-10-2-11-27-53/h2-41,61-69H,42-52H2,1H3/t61?,62?,63-,64+,65?,66?,67?,68?,69+,70+/m1/s1. The number of ether oxygens (including phenoxy) is 12. The van der Waals surface area contributed by atoms with Crippen LogP contribution in [0.2, 0.25) is 0 Å². The van der Waals surface area contributed by atoms with Gasteiger partial charge in [0.15, 0.2) is 6.29 Å². The maximum absolute atomic E-state index is 7.60. The van der Waals surface area contributed by atoms with E-state index in [0.29, 0.717) is 6.61 Å². The first-order valence-electron chi connectivity index (χ1n) is 28.3. The molecule has 6 unspecified atom stereocenters. The van der Waals surface area contributed by atoms with Crippen molar-refractivity contribution in [2.24, 2.45) is 0 Å². The molecule has 0 bridgehead atoms. The quantitative estimate of drug-likeness (QED) is 0.0427. The van der Waals surface area contributed by atoms with Crippen LogP contribution in [0.1, 0.15) is 44.5 Å². The zero-order valence-corrected chi connectivity index (χ0v) is 46.5. The Morgan fingerprint density at radius 2 is 0.634 bits per heavy atom. The highest BCUT2D eigenvalue weighted by Gasteiger charge is 2.59. The number of methoxy groups -OCH3 is 1. The minimum absolute atomic E-state index is 0.0963. The molecule has 12 nitrogen and oxygen atoms in total. The second-order valence-corrected chi connectivity index (χ2v) is 20.6. The average molecular weight is 1110 g/mol. The molecule has 2 fully saturated rings. The Bertz CT molecular complexity index is 2990. The summed E-state index contributed by atoms with van der Waals surface area (Å²) >= 11 is 0. The highest BCUT2D eigenvalue weighted by molar-refractivity contribution is 5.20. The Balaban J connectivity index is 1.06. The molecular weight excluding hydrogens is 1030 g/mol. The second kappa shape index (κ2) is 31.1. The van der Waals surface area contributed by atoms with Crippen molar-refractivity contribution in [3.63, 3.8) is 0 Å². The molecule has 0 aromatic heterocycles.